The van der Waals surface area contributed by atoms with E-state index in [1.54, 1.807) is 24.4 Å². The van der Waals surface area contributed by atoms with Crippen LogP contribution in [0.3, 0.4) is 0 Å². The molecule has 7 heteroatoms. The first-order valence-corrected chi connectivity index (χ1v) is 9.66. The Bertz CT molecular complexity index is 839. The van der Waals surface area contributed by atoms with E-state index in [9.17, 15) is 8.78 Å². The Labute approximate surface area is 164 Å². The third kappa shape index (κ3) is 3.90. The van der Waals surface area contributed by atoms with Crippen molar-refractivity contribution in [2.24, 2.45) is 5.92 Å². The van der Waals surface area contributed by atoms with E-state index in [4.69, 9.17) is 10.5 Å². The van der Waals surface area contributed by atoms with Crippen LogP contribution in [0.5, 0.6) is 5.88 Å². The summed E-state index contributed by atoms with van der Waals surface area (Å²) in [7, 11) is 3.69. The third-order valence-corrected chi connectivity index (χ3v) is 5.55. The van der Waals surface area contributed by atoms with Crippen molar-refractivity contribution in [1.29, 1.82) is 0 Å². The Hall–Kier alpha value is -2.41. The van der Waals surface area contributed by atoms with Crippen LogP contribution < -0.4 is 15.4 Å². The van der Waals surface area contributed by atoms with Crippen LogP contribution in [-0.2, 0) is 0 Å². The zero-order chi connectivity index (χ0) is 19.8. The summed E-state index contributed by atoms with van der Waals surface area (Å²) in [5, 5.41) is 0. The van der Waals surface area contributed by atoms with Gasteiger partial charge in [0.15, 0.2) is 0 Å². The number of halogens is 2. The number of alkyl halides is 1. The summed E-state index contributed by atoms with van der Waals surface area (Å²) in [4.78, 5) is 7.93. The van der Waals surface area contributed by atoms with E-state index in [1.165, 1.54) is 18.9 Å². The van der Waals surface area contributed by atoms with Crippen LogP contribution in [0.25, 0.3) is 11.1 Å². The Kier molecular flexibility index (Phi) is 5.10. The molecule has 150 valence electrons. The molecule has 2 atom stereocenters. The fourth-order valence-corrected chi connectivity index (χ4v) is 3.62. The molecule has 1 saturated heterocycles. The van der Waals surface area contributed by atoms with Crippen molar-refractivity contribution in [3.8, 4) is 17.0 Å². The molecule has 0 amide bonds. The van der Waals surface area contributed by atoms with Crippen molar-refractivity contribution in [2.75, 3.05) is 44.4 Å². The number of benzene rings is 1. The predicted molar refractivity (Wildman–Crippen MR) is 107 cm³/mol. The Morgan fingerprint density at radius 2 is 2.04 bits per heavy atom. The highest BCUT2D eigenvalue weighted by Gasteiger charge is 2.35. The quantitative estimate of drug-likeness (QED) is 0.769. The molecule has 1 aromatic heterocycles. The molecule has 0 bridgehead atoms. The van der Waals surface area contributed by atoms with E-state index in [1.807, 2.05) is 23.9 Å². The van der Waals surface area contributed by atoms with Gasteiger partial charge in [-0.15, -0.1) is 0 Å². The van der Waals surface area contributed by atoms with Gasteiger partial charge in [0.25, 0.3) is 0 Å². The van der Waals surface area contributed by atoms with Gasteiger partial charge >= 0.3 is 0 Å². The van der Waals surface area contributed by atoms with Crippen LogP contribution in [0.1, 0.15) is 12.8 Å². The van der Waals surface area contributed by atoms with Gasteiger partial charge in [-0.1, -0.05) is 0 Å². The SMILES string of the molecule is CN(C)[C@@H]1CN(c2cc(F)c(-c3ccc(OCC4CC4)nc3)cc2N)C[C@H]1F. The molecule has 1 aliphatic carbocycles. The third-order valence-electron chi connectivity index (χ3n) is 5.55. The average molecular weight is 388 g/mol. The van der Waals surface area contributed by atoms with Gasteiger partial charge in [0, 0.05) is 29.9 Å². The van der Waals surface area contributed by atoms with E-state index >= 15 is 0 Å². The number of nitrogen functional groups attached to an aromatic ring is 1. The maximum Gasteiger partial charge on any atom is 0.213 e. The molecule has 2 heterocycles. The monoisotopic (exact) mass is 388 g/mol. The highest BCUT2D eigenvalue weighted by molar-refractivity contribution is 5.77. The summed E-state index contributed by atoms with van der Waals surface area (Å²) in [5.74, 6) is 0.788. The topological polar surface area (TPSA) is 54.6 Å². The Balaban J connectivity index is 1.52. The molecule has 0 spiro atoms. The van der Waals surface area contributed by atoms with Gasteiger partial charge in [-0.3, -0.25) is 0 Å². The van der Waals surface area contributed by atoms with Gasteiger partial charge in [-0.25, -0.2) is 13.8 Å². The van der Waals surface area contributed by atoms with Crippen molar-refractivity contribution in [1.82, 2.24) is 9.88 Å². The Morgan fingerprint density at radius 1 is 1.25 bits per heavy atom. The number of nitrogens with two attached hydrogens (primary N) is 1. The first-order valence-electron chi connectivity index (χ1n) is 9.66. The van der Waals surface area contributed by atoms with Crippen LogP contribution in [0.15, 0.2) is 30.5 Å². The summed E-state index contributed by atoms with van der Waals surface area (Å²) < 4.78 is 34.7. The van der Waals surface area contributed by atoms with Crippen molar-refractivity contribution in [3.05, 3.63) is 36.3 Å². The molecule has 4 rings (SSSR count). The Morgan fingerprint density at radius 3 is 2.64 bits per heavy atom. The summed E-state index contributed by atoms with van der Waals surface area (Å²) in [6.07, 6.45) is 3.02. The molecular formula is C21H26F2N4O. The number of likely N-dealkylation sites (N-methyl/N-ethyl adjacent to an activating group) is 1. The fraction of sp³-hybridized carbons (Fsp3) is 0.476. The normalized spacial score (nSPS) is 22.1. The smallest absolute Gasteiger partial charge is 0.213 e. The minimum absolute atomic E-state index is 0.209. The molecule has 2 aromatic rings. The second-order valence-electron chi connectivity index (χ2n) is 7.98. The maximum atomic E-state index is 14.8. The largest absolute Gasteiger partial charge is 0.477 e. The first kappa shape index (κ1) is 18.9. The number of nitrogens with zero attached hydrogens (tertiary/aromatic N) is 3. The van der Waals surface area contributed by atoms with Crippen LogP contribution >= 0.6 is 0 Å². The zero-order valence-electron chi connectivity index (χ0n) is 16.2. The van der Waals surface area contributed by atoms with Crippen molar-refractivity contribution in [3.63, 3.8) is 0 Å². The van der Waals surface area contributed by atoms with Crippen LogP contribution in [-0.4, -0.2) is 55.9 Å². The minimum Gasteiger partial charge on any atom is -0.477 e. The van der Waals surface area contributed by atoms with Gasteiger partial charge < -0.3 is 20.3 Å². The van der Waals surface area contributed by atoms with Gasteiger partial charge in [-0.05, 0) is 51.1 Å². The van der Waals surface area contributed by atoms with Crippen molar-refractivity contribution >= 4 is 11.4 Å². The molecule has 1 aliphatic heterocycles. The van der Waals surface area contributed by atoms with Gasteiger partial charge in [0.2, 0.25) is 5.88 Å². The fourth-order valence-electron chi connectivity index (χ4n) is 3.62. The number of pyridine rings is 1. The molecule has 2 N–H and O–H groups in total. The lowest BCUT2D eigenvalue weighted by Gasteiger charge is -2.23. The van der Waals surface area contributed by atoms with Crippen molar-refractivity contribution in [2.45, 2.75) is 25.1 Å². The highest BCUT2D eigenvalue weighted by Crippen LogP contribution is 2.35. The zero-order valence-corrected chi connectivity index (χ0v) is 16.2. The van der Waals surface area contributed by atoms with Crippen LogP contribution in [0, 0.1) is 11.7 Å². The summed E-state index contributed by atoms with van der Waals surface area (Å²) in [6.45, 7) is 1.37. The van der Waals surface area contributed by atoms with Crippen LogP contribution in [0.2, 0.25) is 0 Å². The predicted octanol–water partition coefficient (Wildman–Crippen LogP) is 3.35. The van der Waals surface area contributed by atoms with Crippen molar-refractivity contribution < 1.29 is 13.5 Å². The van der Waals surface area contributed by atoms with Gasteiger partial charge in [-0.2, -0.15) is 0 Å². The number of hydrogen-bond acceptors (Lipinski definition) is 5. The molecular weight excluding hydrogens is 362 g/mol. The van der Waals surface area contributed by atoms with E-state index < -0.39 is 12.0 Å². The number of anilines is 2. The second-order valence-corrected chi connectivity index (χ2v) is 7.98. The highest BCUT2D eigenvalue weighted by atomic mass is 19.1. The minimum atomic E-state index is -0.996. The van der Waals surface area contributed by atoms with E-state index in [0.717, 1.165) is 0 Å². The second kappa shape index (κ2) is 7.54. The lowest BCUT2D eigenvalue weighted by atomic mass is 10.0. The molecule has 2 fully saturated rings. The molecule has 0 unspecified atom stereocenters. The van der Waals surface area contributed by atoms with Gasteiger partial charge in [0.1, 0.15) is 12.0 Å². The molecule has 5 nitrogen and oxygen atoms in total. The summed E-state index contributed by atoms with van der Waals surface area (Å²) >= 11 is 0. The van der Waals surface area contributed by atoms with E-state index in [-0.39, 0.29) is 12.6 Å². The van der Waals surface area contributed by atoms with Crippen LogP contribution in [0.4, 0.5) is 20.2 Å². The first-order chi connectivity index (χ1) is 13.4. The average Bonchev–Trinajstić information content (AvgIpc) is 3.42. The molecule has 1 aromatic carbocycles. The number of aromatic nitrogens is 1. The molecule has 28 heavy (non-hydrogen) atoms. The van der Waals surface area contributed by atoms with Gasteiger partial charge in [0.05, 0.1) is 30.6 Å². The molecule has 0 radical (unpaired) electrons. The summed E-state index contributed by atoms with van der Waals surface area (Å²) in [6, 6.07) is 6.30. The number of rotatable bonds is 6. The number of hydrogen-bond donors (Lipinski definition) is 1. The van der Waals surface area contributed by atoms with E-state index in [2.05, 4.69) is 4.98 Å². The molecule has 2 aliphatic rings. The lowest BCUT2D eigenvalue weighted by molar-refractivity contribution is 0.202. The molecule has 1 saturated carbocycles. The standard InChI is InChI=1S/C21H26F2N4O/c1-26(2)20-11-27(10-17(20)23)19-8-16(22)15(7-18(19)24)14-5-6-21(25-9-14)28-12-13-3-4-13/h5-9,13,17,20H,3-4,10-12,24H2,1-2H3/t17-,20-/m1/s1. The maximum absolute atomic E-state index is 14.8. The van der Waals surface area contributed by atoms with E-state index in [0.29, 0.717) is 47.5 Å². The number of ether oxygens (including phenoxy) is 1. The lowest BCUT2D eigenvalue weighted by Crippen LogP contribution is -2.36. The summed E-state index contributed by atoms with van der Waals surface area (Å²) in [5.41, 5.74) is 8.17.